The van der Waals surface area contributed by atoms with Gasteiger partial charge in [0.1, 0.15) is 0 Å². The third-order valence-electron chi connectivity index (χ3n) is 4.18. The molecule has 0 saturated carbocycles. The molecule has 10 heteroatoms. The van der Waals surface area contributed by atoms with Crippen LogP contribution in [0, 0.1) is 11.3 Å². The Balaban J connectivity index is 0.00000338. The Morgan fingerprint density at radius 3 is 2.42 bits per heavy atom. The molecule has 146 valence electrons. The molecule has 1 aliphatic rings. The van der Waals surface area contributed by atoms with Crippen molar-refractivity contribution in [3.05, 3.63) is 29.3 Å². The standard InChI is InChI=1S/C16H20F3N3O2S.ClH/c1-2-9-22(13-5-7-21-8-6-13)25(23,24)14-4-3-12(11-20)15(10-14)16(17,18)19;/h3-4,10,13,21H,2,5-9H2,1H3;1H. The van der Waals surface area contributed by atoms with E-state index in [4.69, 9.17) is 5.26 Å². The summed E-state index contributed by atoms with van der Waals surface area (Å²) in [4.78, 5) is -0.425. The molecule has 1 N–H and O–H groups in total. The van der Waals surface area contributed by atoms with Gasteiger partial charge in [0.25, 0.3) is 0 Å². The second-order valence-corrected chi connectivity index (χ2v) is 7.80. The minimum atomic E-state index is -4.79. The van der Waals surface area contributed by atoms with Crippen LogP contribution < -0.4 is 5.32 Å². The molecule has 0 bridgehead atoms. The van der Waals surface area contributed by atoms with Crippen molar-refractivity contribution in [2.75, 3.05) is 19.6 Å². The molecule has 1 aromatic rings. The summed E-state index contributed by atoms with van der Waals surface area (Å²) in [6, 6.07) is 3.78. The smallest absolute Gasteiger partial charge is 0.317 e. The number of alkyl halides is 3. The van der Waals surface area contributed by atoms with Crippen molar-refractivity contribution < 1.29 is 21.6 Å². The van der Waals surface area contributed by atoms with E-state index in [0.717, 1.165) is 12.1 Å². The van der Waals surface area contributed by atoms with Gasteiger partial charge in [0.05, 0.1) is 22.1 Å². The maximum absolute atomic E-state index is 13.1. The summed E-state index contributed by atoms with van der Waals surface area (Å²) in [5.74, 6) is 0. The first kappa shape index (κ1) is 22.7. The van der Waals surface area contributed by atoms with Crippen LogP contribution in [0.25, 0.3) is 0 Å². The number of benzene rings is 1. The Kier molecular flexibility index (Phi) is 7.89. The SMILES string of the molecule is CCCN(C1CCNCC1)S(=O)(=O)c1ccc(C#N)c(C(F)(F)F)c1.Cl. The highest BCUT2D eigenvalue weighted by Gasteiger charge is 2.37. The van der Waals surface area contributed by atoms with Crippen LogP contribution in [0.1, 0.15) is 37.3 Å². The number of rotatable bonds is 5. The number of hydrogen-bond acceptors (Lipinski definition) is 4. The quantitative estimate of drug-likeness (QED) is 0.807. The number of halogens is 4. The van der Waals surface area contributed by atoms with Crippen LogP contribution >= 0.6 is 12.4 Å². The number of hydrogen-bond donors (Lipinski definition) is 1. The minimum Gasteiger partial charge on any atom is -0.317 e. The summed E-state index contributed by atoms with van der Waals surface area (Å²) < 4.78 is 66.6. The van der Waals surface area contributed by atoms with Crippen LogP contribution in [0.15, 0.2) is 23.1 Å². The molecule has 1 aliphatic heterocycles. The summed E-state index contributed by atoms with van der Waals surface area (Å²) in [6.07, 6.45) is -3.00. The average Bonchev–Trinajstić information content (AvgIpc) is 2.58. The van der Waals surface area contributed by atoms with Crippen LogP contribution in [0.5, 0.6) is 0 Å². The summed E-state index contributed by atoms with van der Waals surface area (Å²) in [5.41, 5.74) is -1.81. The topological polar surface area (TPSA) is 73.2 Å². The van der Waals surface area contributed by atoms with E-state index in [1.54, 1.807) is 0 Å². The van der Waals surface area contributed by atoms with Crippen LogP contribution in [-0.2, 0) is 16.2 Å². The fourth-order valence-electron chi connectivity index (χ4n) is 2.97. The van der Waals surface area contributed by atoms with E-state index in [-0.39, 0.29) is 25.0 Å². The van der Waals surface area contributed by atoms with Crippen LogP contribution in [-0.4, -0.2) is 38.4 Å². The molecule has 26 heavy (non-hydrogen) atoms. The van der Waals surface area contributed by atoms with Gasteiger partial charge in [0.15, 0.2) is 0 Å². The zero-order valence-electron chi connectivity index (χ0n) is 14.2. The summed E-state index contributed by atoms with van der Waals surface area (Å²) >= 11 is 0. The van der Waals surface area contributed by atoms with Crippen LogP contribution in [0.2, 0.25) is 0 Å². The average molecular weight is 412 g/mol. The molecular weight excluding hydrogens is 391 g/mol. The molecule has 5 nitrogen and oxygen atoms in total. The van der Waals surface area contributed by atoms with Gasteiger partial charge < -0.3 is 5.32 Å². The summed E-state index contributed by atoms with van der Waals surface area (Å²) in [5, 5.41) is 12.0. The molecule has 0 amide bonds. The van der Waals surface area contributed by atoms with Crippen molar-refractivity contribution in [3.8, 4) is 6.07 Å². The Morgan fingerprint density at radius 1 is 1.31 bits per heavy atom. The predicted molar refractivity (Wildman–Crippen MR) is 93.5 cm³/mol. The summed E-state index contributed by atoms with van der Waals surface area (Å²) in [7, 11) is -4.07. The zero-order valence-corrected chi connectivity index (χ0v) is 15.8. The molecule has 0 atom stereocenters. The number of nitriles is 1. The van der Waals surface area contributed by atoms with Crippen molar-refractivity contribution in [2.45, 2.75) is 43.3 Å². The molecule has 0 spiro atoms. The Bertz CT molecular complexity index is 757. The van der Waals surface area contributed by atoms with Gasteiger partial charge in [-0.2, -0.15) is 22.7 Å². The van der Waals surface area contributed by atoms with Gasteiger partial charge in [-0.3, -0.25) is 0 Å². The lowest BCUT2D eigenvalue weighted by molar-refractivity contribution is -0.137. The van der Waals surface area contributed by atoms with E-state index >= 15 is 0 Å². The maximum Gasteiger partial charge on any atom is 0.417 e. The van der Waals surface area contributed by atoms with Crippen molar-refractivity contribution in [1.29, 1.82) is 5.26 Å². The summed E-state index contributed by atoms with van der Waals surface area (Å²) in [6.45, 7) is 3.40. The minimum absolute atomic E-state index is 0. The Hall–Kier alpha value is -1.34. The van der Waals surface area contributed by atoms with Crippen molar-refractivity contribution in [2.24, 2.45) is 0 Å². The fraction of sp³-hybridized carbons (Fsp3) is 0.562. The van der Waals surface area contributed by atoms with Crippen LogP contribution in [0.4, 0.5) is 13.2 Å². The number of nitrogens with zero attached hydrogens (tertiary/aromatic N) is 2. The second-order valence-electron chi connectivity index (χ2n) is 5.91. The van der Waals surface area contributed by atoms with Crippen molar-refractivity contribution in [1.82, 2.24) is 9.62 Å². The van der Waals surface area contributed by atoms with Gasteiger partial charge in [-0.25, -0.2) is 8.42 Å². The van der Waals surface area contributed by atoms with Gasteiger partial charge >= 0.3 is 6.18 Å². The Labute approximate surface area is 157 Å². The highest BCUT2D eigenvalue weighted by molar-refractivity contribution is 7.89. The van der Waals surface area contributed by atoms with Gasteiger partial charge in [0.2, 0.25) is 10.0 Å². The molecule has 1 heterocycles. The molecule has 1 aromatic carbocycles. The molecule has 1 saturated heterocycles. The molecule has 0 radical (unpaired) electrons. The van der Waals surface area contributed by atoms with Gasteiger partial charge in [-0.15, -0.1) is 12.4 Å². The maximum atomic E-state index is 13.1. The molecular formula is C16H21ClF3N3O2S. The number of piperidine rings is 1. The first-order valence-corrected chi connectivity index (χ1v) is 9.49. The van der Waals surface area contributed by atoms with Crippen LogP contribution in [0.3, 0.4) is 0 Å². The number of nitrogens with one attached hydrogen (secondary N) is 1. The predicted octanol–water partition coefficient (Wildman–Crippen LogP) is 3.15. The first-order valence-electron chi connectivity index (χ1n) is 8.05. The molecule has 0 unspecified atom stereocenters. The van der Waals surface area contributed by atoms with E-state index < -0.39 is 32.2 Å². The van der Waals surface area contributed by atoms with E-state index in [0.29, 0.717) is 38.4 Å². The van der Waals surface area contributed by atoms with E-state index in [9.17, 15) is 21.6 Å². The normalized spacial score (nSPS) is 16.2. The number of sulfonamides is 1. The zero-order chi connectivity index (χ0) is 18.7. The van der Waals surface area contributed by atoms with Crippen molar-refractivity contribution in [3.63, 3.8) is 0 Å². The fourth-order valence-corrected chi connectivity index (χ4v) is 4.77. The lowest BCUT2D eigenvalue weighted by atomic mass is 10.1. The highest BCUT2D eigenvalue weighted by atomic mass is 35.5. The monoisotopic (exact) mass is 411 g/mol. The van der Waals surface area contributed by atoms with E-state index in [2.05, 4.69) is 5.32 Å². The Morgan fingerprint density at radius 2 is 1.92 bits per heavy atom. The van der Waals surface area contributed by atoms with Gasteiger partial charge in [0, 0.05) is 12.6 Å². The molecule has 1 fully saturated rings. The van der Waals surface area contributed by atoms with Gasteiger partial charge in [-0.1, -0.05) is 6.92 Å². The van der Waals surface area contributed by atoms with E-state index in [1.807, 2.05) is 6.92 Å². The first-order chi connectivity index (χ1) is 11.7. The third kappa shape index (κ3) is 4.88. The molecule has 2 rings (SSSR count). The molecule has 0 aromatic heterocycles. The third-order valence-corrected chi connectivity index (χ3v) is 6.13. The highest BCUT2D eigenvalue weighted by Crippen LogP contribution is 2.34. The largest absolute Gasteiger partial charge is 0.417 e. The molecule has 0 aliphatic carbocycles. The lowest BCUT2D eigenvalue weighted by Crippen LogP contribution is -2.46. The van der Waals surface area contributed by atoms with Crippen molar-refractivity contribution >= 4 is 22.4 Å². The lowest BCUT2D eigenvalue weighted by Gasteiger charge is -2.33. The van der Waals surface area contributed by atoms with E-state index in [1.165, 1.54) is 10.4 Å². The second kappa shape index (κ2) is 9.04. The van der Waals surface area contributed by atoms with Gasteiger partial charge in [-0.05, 0) is 50.6 Å².